The maximum atomic E-state index is 11.6. The van der Waals surface area contributed by atoms with E-state index in [-0.39, 0.29) is 5.41 Å². The van der Waals surface area contributed by atoms with Crippen molar-refractivity contribution in [2.45, 2.75) is 39.5 Å². The van der Waals surface area contributed by atoms with Crippen LogP contribution in [0.1, 0.15) is 39.5 Å². The van der Waals surface area contributed by atoms with Crippen molar-refractivity contribution < 1.29 is 4.79 Å². The fourth-order valence-corrected chi connectivity index (χ4v) is 2.03. The standard InChI is InChI=1S/C11H18O/c1-4-6-9-7-5-8-10(12)11(9,2)3/h4,9H,1,5-8H2,2-3H3. The number of hydrogen-bond acceptors (Lipinski definition) is 1. The summed E-state index contributed by atoms with van der Waals surface area (Å²) in [7, 11) is 0. The first-order valence-corrected chi connectivity index (χ1v) is 4.73. The molecule has 1 heteroatoms. The molecule has 1 aliphatic carbocycles. The summed E-state index contributed by atoms with van der Waals surface area (Å²) in [5, 5.41) is 0. The minimum atomic E-state index is -0.105. The lowest BCUT2D eigenvalue weighted by Gasteiger charge is -2.36. The van der Waals surface area contributed by atoms with Crippen molar-refractivity contribution in [1.29, 1.82) is 0 Å². The van der Waals surface area contributed by atoms with E-state index in [9.17, 15) is 4.79 Å². The first kappa shape index (κ1) is 9.50. The lowest BCUT2D eigenvalue weighted by atomic mass is 9.67. The van der Waals surface area contributed by atoms with Gasteiger partial charge in [0.1, 0.15) is 5.78 Å². The topological polar surface area (TPSA) is 17.1 Å². The Balaban J connectivity index is 2.71. The quantitative estimate of drug-likeness (QED) is 0.576. The van der Waals surface area contributed by atoms with Gasteiger partial charge in [-0.25, -0.2) is 0 Å². The average Bonchev–Trinajstić information content (AvgIpc) is 2.00. The maximum Gasteiger partial charge on any atom is 0.138 e. The summed E-state index contributed by atoms with van der Waals surface area (Å²) in [5.74, 6) is 0.955. The highest BCUT2D eigenvalue weighted by molar-refractivity contribution is 5.85. The van der Waals surface area contributed by atoms with Crippen molar-refractivity contribution in [3.05, 3.63) is 12.7 Å². The Hall–Kier alpha value is -0.590. The van der Waals surface area contributed by atoms with Crippen molar-refractivity contribution in [2.24, 2.45) is 11.3 Å². The van der Waals surface area contributed by atoms with Gasteiger partial charge >= 0.3 is 0 Å². The molecule has 1 unspecified atom stereocenters. The summed E-state index contributed by atoms with van der Waals surface area (Å²) in [5.41, 5.74) is -0.105. The predicted molar refractivity (Wildman–Crippen MR) is 50.9 cm³/mol. The molecule has 1 saturated carbocycles. The third-order valence-corrected chi connectivity index (χ3v) is 3.15. The highest BCUT2D eigenvalue weighted by Gasteiger charge is 2.37. The van der Waals surface area contributed by atoms with Crippen LogP contribution < -0.4 is 0 Å². The van der Waals surface area contributed by atoms with Crippen molar-refractivity contribution in [2.75, 3.05) is 0 Å². The summed E-state index contributed by atoms with van der Waals surface area (Å²) in [6, 6.07) is 0. The number of rotatable bonds is 2. The monoisotopic (exact) mass is 166 g/mol. The molecule has 1 atom stereocenters. The molecule has 0 amide bonds. The normalized spacial score (nSPS) is 28.5. The van der Waals surface area contributed by atoms with Crippen LogP contribution in [-0.4, -0.2) is 5.78 Å². The first-order valence-electron chi connectivity index (χ1n) is 4.73. The molecule has 0 aromatic rings. The Bertz CT molecular complexity index is 191. The number of ketones is 1. The maximum absolute atomic E-state index is 11.6. The van der Waals surface area contributed by atoms with E-state index in [0.29, 0.717) is 11.7 Å². The molecule has 68 valence electrons. The van der Waals surface area contributed by atoms with Gasteiger partial charge < -0.3 is 0 Å². The van der Waals surface area contributed by atoms with Crippen molar-refractivity contribution in [1.82, 2.24) is 0 Å². The largest absolute Gasteiger partial charge is 0.299 e. The highest BCUT2D eigenvalue weighted by Crippen LogP contribution is 2.39. The molecule has 1 aliphatic rings. The average molecular weight is 166 g/mol. The zero-order valence-electron chi connectivity index (χ0n) is 8.10. The summed E-state index contributed by atoms with van der Waals surface area (Å²) in [6.07, 6.45) is 5.95. The van der Waals surface area contributed by atoms with Gasteiger partial charge in [-0.1, -0.05) is 19.9 Å². The Kier molecular flexibility index (Phi) is 2.71. The number of hydrogen-bond donors (Lipinski definition) is 0. The first-order chi connectivity index (χ1) is 5.59. The Labute approximate surface area is 74.9 Å². The molecule has 1 fully saturated rings. The Morgan fingerprint density at radius 2 is 2.33 bits per heavy atom. The number of Topliss-reactive ketones (excluding diaryl/α,β-unsaturated/α-hetero) is 1. The van der Waals surface area contributed by atoms with Crippen LogP contribution in [0.4, 0.5) is 0 Å². The van der Waals surface area contributed by atoms with Crippen LogP contribution in [-0.2, 0) is 4.79 Å². The molecule has 1 rings (SSSR count). The number of carbonyl (C=O) groups excluding carboxylic acids is 1. The molecule has 0 spiro atoms. The molecule has 0 aliphatic heterocycles. The fraction of sp³-hybridized carbons (Fsp3) is 0.727. The SMILES string of the molecule is C=CCC1CCCC(=O)C1(C)C. The predicted octanol–water partition coefficient (Wildman–Crippen LogP) is 2.96. The molecular formula is C11H18O. The van der Waals surface area contributed by atoms with Crippen LogP contribution >= 0.6 is 0 Å². The zero-order chi connectivity index (χ0) is 9.19. The second-order valence-corrected chi connectivity index (χ2v) is 4.26. The van der Waals surface area contributed by atoms with Crippen molar-refractivity contribution >= 4 is 5.78 Å². The molecule has 0 N–H and O–H groups in total. The number of carbonyl (C=O) groups is 1. The second-order valence-electron chi connectivity index (χ2n) is 4.26. The summed E-state index contributed by atoms with van der Waals surface area (Å²) in [6.45, 7) is 7.88. The highest BCUT2D eigenvalue weighted by atomic mass is 16.1. The van der Waals surface area contributed by atoms with E-state index < -0.39 is 0 Å². The van der Waals surface area contributed by atoms with Gasteiger partial charge in [0.05, 0.1) is 0 Å². The Morgan fingerprint density at radius 1 is 1.67 bits per heavy atom. The lowest BCUT2D eigenvalue weighted by molar-refractivity contribution is -0.132. The van der Waals surface area contributed by atoms with Crippen LogP contribution in [0.15, 0.2) is 12.7 Å². The molecule has 0 radical (unpaired) electrons. The van der Waals surface area contributed by atoms with Gasteiger partial charge in [0.2, 0.25) is 0 Å². The van der Waals surface area contributed by atoms with Crippen LogP contribution in [0.3, 0.4) is 0 Å². The van der Waals surface area contributed by atoms with Gasteiger partial charge in [0.25, 0.3) is 0 Å². The fourth-order valence-electron chi connectivity index (χ4n) is 2.03. The molecule has 0 aromatic heterocycles. The molecule has 0 saturated heterocycles. The minimum Gasteiger partial charge on any atom is -0.299 e. The van der Waals surface area contributed by atoms with E-state index in [1.165, 1.54) is 6.42 Å². The summed E-state index contributed by atoms with van der Waals surface area (Å²) in [4.78, 5) is 11.6. The van der Waals surface area contributed by atoms with Gasteiger partial charge in [-0.05, 0) is 25.2 Å². The summed E-state index contributed by atoms with van der Waals surface area (Å²) < 4.78 is 0. The summed E-state index contributed by atoms with van der Waals surface area (Å²) >= 11 is 0. The van der Waals surface area contributed by atoms with E-state index >= 15 is 0 Å². The Morgan fingerprint density at radius 3 is 2.92 bits per heavy atom. The third-order valence-electron chi connectivity index (χ3n) is 3.15. The van der Waals surface area contributed by atoms with E-state index in [4.69, 9.17) is 0 Å². The van der Waals surface area contributed by atoms with Crippen LogP contribution in [0, 0.1) is 11.3 Å². The lowest BCUT2D eigenvalue weighted by Crippen LogP contribution is -2.36. The third kappa shape index (κ3) is 1.60. The van der Waals surface area contributed by atoms with E-state index in [0.717, 1.165) is 19.3 Å². The van der Waals surface area contributed by atoms with E-state index in [1.54, 1.807) is 0 Å². The van der Waals surface area contributed by atoms with Crippen LogP contribution in [0.25, 0.3) is 0 Å². The molecule has 12 heavy (non-hydrogen) atoms. The smallest absolute Gasteiger partial charge is 0.138 e. The molecule has 0 bridgehead atoms. The molecule has 1 nitrogen and oxygen atoms in total. The van der Waals surface area contributed by atoms with Gasteiger partial charge in [-0.3, -0.25) is 4.79 Å². The molecule has 0 aromatic carbocycles. The van der Waals surface area contributed by atoms with Crippen LogP contribution in [0.5, 0.6) is 0 Å². The zero-order valence-corrected chi connectivity index (χ0v) is 8.10. The van der Waals surface area contributed by atoms with E-state index in [1.807, 2.05) is 6.08 Å². The second kappa shape index (κ2) is 3.42. The van der Waals surface area contributed by atoms with E-state index in [2.05, 4.69) is 20.4 Å². The van der Waals surface area contributed by atoms with Gasteiger partial charge in [0, 0.05) is 11.8 Å². The number of allylic oxidation sites excluding steroid dienone is 1. The van der Waals surface area contributed by atoms with Crippen molar-refractivity contribution in [3.8, 4) is 0 Å². The molecule has 0 heterocycles. The van der Waals surface area contributed by atoms with Gasteiger partial charge in [-0.2, -0.15) is 0 Å². The van der Waals surface area contributed by atoms with Gasteiger partial charge in [-0.15, -0.1) is 6.58 Å². The van der Waals surface area contributed by atoms with Crippen LogP contribution in [0.2, 0.25) is 0 Å². The minimum absolute atomic E-state index is 0.105. The van der Waals surface area contributed by atoms with Crippen molar-refractivity contribution in [3.63, 3.8) is 0 Å². The van der Waals surface area contributed by atoms with Gasteiger partial charge in [0.15, 0.2) is 0 Å². The molecular weight excluding hydrogens is 148 g/mol.